The summed E-state index contributed by atoms with van der Waals surface area (Å²) >= 11 is 0. The van der Waals surface area contributed by atoms with E-state index in [0.29, 0.717) is 0 Å². The van der Waals surface area contributed by atoms with E-state index >= 15 is 0 Å². The second-order valence-corrected chi connectivity index (χ2v) is 3.84. The summed E-state index contributed by atoms with van der Waals surface area (Å²) in [7, 11) is 0. The number of hydrogen-bond donors (Lipinski definition) is 3. The van der Waals surface area contributed by atoms with Gasteiger partial charge in [0.05, 0.1) is 0 Å². The van der Waals surface area contributed by atoms with Crippen LogP contribution in [0, 0.1) is 5.95 Å². The van der Waals surface area contributed by atoms with E-state index in [-0.39, 0.29) is 16.9 Å². The Morgan fingerprint density at radius 1 is 1.20 bits per heavy atom. The van der Waals surface area contributed by atoms with Gasteiger partial charge in [-0.3, -0.25) is 4.79 Å². The fourth-order valence-electron chi connectivity index (χ4n) is 1.51. The Kier molecular flexibility index (Phi) is 3.60. The molecule has 0 aliphatic carbocycles. The van der Waals surface area contributed by atoms with Crippen LogP contribution in [0.1, 0.15) is 20.8 Å². The number of halogens is 1. The molecule has 1 aromatic heterocycles. The first-order valence-electron chi connectivity index (χ1n) is 5.47. The molecule has 0 bridgehead atoms. The van der Waals surface area contributed by atoms with E-state index in [0.717, 1.165) is 18.2 Å². The lowest BCUT2D eigenvalue weighted by Gasteiger charge is -2.06. The van der Waals surface area contributed by atoms with Crippen LogP contribution in [0.3, 0.4) is 0 Å². The van der Waals surface area contributed by atoms with E-state index < -0.39 is 23.6 Å². The molecule has 6 nitrogen and oxygen atoms in total. The van der Waals surface area contributed by atoms with Crippen LogP contribution in [0.25, 0.3) is 0 Å². The summed E-state index contributed by atoms with van der Waals surface area (Å²) in [5.74, 6) is -3.23. The molecule has 2 aromatic rings. The molecule has 0 radical (unpaired) electrons. The SMILES string of the molecule is O=C(Nc1ccc(O)c(C(=O)O)c1)c1cccc(F)n1. The van der Waals surface area contributed by atoms with Crippen molar-refractivity contribution in [1.82, 2.24) is 4.98 Å². The average molecular weight is 276 g/mol. The number of aromatic carboxylic acids is 1. The lowest BCUT2D eigenvalue weighted by molar-refractivity contribution is 0.0693. The number of benzene rings is 1. The lowest BCUT2D eigenvalue weighted by atomic mass is 10.1. The molecule has 7 heteroatoms. The minimum absolute atomic E-state index is 0.144. The Labute approximate surface area is 112 Å². The van der Waals surface area contributed by atoms with Crippen LogP contribution in [0.4, 0.5) is 10.1 Å². The van der Waals surface area contributed by atoms with Crippen molar-refractivity contribution in [3.8, 4) is 5.75 Å². The van der Waals surface area contributed by atoms with Crippen molar-refractivity contribution in [2.75, 3.05) is 5.32 Å². The third kappa shape index (κ3) is 2.89. The van der Waals surface area contributed by atoms with Crippen LogP contribution in [0.2, 0.25) is 0 Å². The Morgan fingerprint density at radius 3 is 2.60 bits per heavy atom. The summed E-state index contributed by atoms with van der Waals surface area (Å²) in [5.41, 5.74) is -0.346. The highest BCUT2D eigenvalue weighted by Gasteiger charge is 2.13. The molecule has 3 N–H and O–H groups in total. The first kappa shape index (κ1) is 13.5. The summed E-state index contributed by atoms with van der Waals surface area (Å²) in [6.07, 6.45) is 0. The maximum Gasteiger partial charge on any atom is 0.339 e. The van der Waals surface area contributed by atoms with Crippen molar-refractivity contribution in [2.45, 2.75) is 0 Å². The molecule has 0 spiro atoms. The maximum absolute atomic E-state index is 12.9. The number of nitrogens with one attached hydrogen (secondary N) is 1. The fraction of sp³-hybridized carbons (Fsp3) is 0. The molecule has 20 heavy (non-hydrogen) atoms. The third-order valence-corrected chi connectivity index (χ3v) is 2.43. The third-order valence-electron chi connectivity index (χ3n) is 2.43. The second-order valence-electron chi connectivity index (χ2n) is 3.84. The van der Waals surface area contributed by atoms with E-state index in [1.54, 1.807) is 0 Å². The van der Waals surface area contributed by atoms with Gasteiger partial charge in [-0.2, -0.15) is 4.39 Å². The van der Waals surface area contributed by atoms with Gasteiger partial charge in [0.25, 0.3) is 5.91 Å². The van der Waals surface area contributed by atoms with E-state index in [1.807, 2.05) is 0 Å². The van der Waals surface area contributed by atoms with Gasteiger partial charge in [0.2, 0.25) is 5.95 Å². The smallest absolute Gasteiger partial charge is 0.339 e. The number of aromatic nitrogens is 1. The number of carboxylic acids is 1. The van der Waals surface area contributed by atoms with Gasteiger partial charge in [-0.05, 0) is 30.3 Å². The Balaban J connectivity index is 2.24. The van der Waals surface area contributed by atoms with Crippen LogP contribution in [0.15, 0.2) is 36.4 Å². The monoisotopic (exact) mass is 276 g/mol. The summed E-state index contributed by atoms with van der Waals surface area (Å²) < 4.78 is 12.9. The minimum Gasteiger partial charge on any atom is -0.507 e. The fourth-order valence-corrected chi connectivity index (χ4v) is 1.51. The Hall–Kier alpha value is -2.96. The lowest BCUT2D eigenvalue weighted by Crippen LogP contribution is -2.14. The molecular formula is C13H9FN2O4. The molecule has 0 unspecified atom stereocenters. The highest BCUT2D eigenvalue weighted by Crippen LogP contribution is 2.21. The van der Waals surface area contributed by atoms with Gasteiger partial charge in [-0.1, -0.05) is 6.07 Å². The molecule has 0 aliphatic rings. The molecule has 2 rings (SSSR count). The topological polar surface area (TPSA) is 99.5 Å². The molecule has 0 fully saturated rings. The van der Waals surface area contributed by atoms with Crippen LogP contribution >= 0.6 is 0 Å². The van der Waals surface area contributed by atoms with Crippen molar-refractivity contribution in [3.63, 3.8) is 0 Å². The normalized spacial score (nSPS) is 10.1. The van der Waals surface area contributed by atoms with Gasteiger partial charge in [0, 0.05) is 5.69 Å². The Bertz CT molecular complexity index is 688. The van der Waals surface area contributed by atoms with Gasteiger partial charge in [0.1, 0.15) is 17.0 Å². The number of pyridine rings is 1. The standard InChI is InChI=1S/C13H9FN2O4/c14-11-3-1-2-9(16-11)12(18)15-7-4-5-10(17)8(6-7)13(19)20/h1-6,17H,(H,15,18)(H,19,20). The molecule has 1 amide bonds. The van der Waals surface area contributed by atoms with Crippen LogP contribution in [-0.2, 0) is 0 Å². The predicted molar refractivity (Wildman–Crippen MR) is 67.2 cm³/mol. The number of carbonyl (C=O) groups is 2. The van der Waals surface area contributed by atoms with E-state index in [9.17, 15) is 19.1 Å². The number of rotatable bonds is 3. The largest absolute Gasteiger partial charge is 0.507 e. The number of carboxylic acid groups (broad SMARTS) is 1. The number of aromatic hydroxyl groups is 1. The number of phenols is 1. The molecule has 1 heterocycles. The van der Waals surface area contributed by atoms with Gasteiger partial charge < -0.3 is 15.5 Å². The number of carbonyl (C=O) groups excluding carboxylic acids is 1. The zero-order valence-electron chi connectivity index (χ0n) is 10.0. The van der Waals surface area contributed by atoms with Gasteiger partial charge in [0.15, 0.2) is 0 Å². The van der Waals surface area contributed by atoms with Crippen LogP contribution < -0.4 is 5.32 Å². The van der Waals surface area contributed by atoms with Crippen LogP contribution in [0.5, 0.6) is 5.75 Å². The van der Waals surface area contributed by atoms with E-state index in [1.165, 1.54) is 18.2 Å². The van der Waals surface area contributed by atoms with Crippen molar-refractivity contribution in [1.29, 1.82) is 0 Å². The molecule has 102 valence electrons. The number of hydrogen-bond acceptors (Lipinski definition) is 4. The van der Waals surface area contributed by atoms with Gasteiger partial charge >= 0.3 is 5.97 Å². The number of anilines is 1. The summed E-state index contributed by atoms with van der Waals surface area (Å²) in [6.45, 7) is 0. The number of amides is 1. The zero-order valence-corrected chi connectivity index (χ0v) is 10.0. The zero-order chi connectivity index (χ0) is 14.7. The first-order valence-corrected chi connectivity index (χ1v) is 5.47. The number of nitrogens with zero attached hydrogens (tertiary/aromatic N) is 1. The molecule has 1 aromatic carbocycles. The van der Waals surface area contributed by atoms with Crippen LogP contribution in [-0.4, -0.2) is 27.1 Å². The van der Waals surface area contributed by atoms with E-state index in [2.05, 4.69) is 10.3 Å². The summed E-state index contributed by atoms with van der Waals surface area (Å²) in [6, 6.07) is 7.29. The quantitative estimate of drug-likeness (QED) is 0.587. The molecule has 0 aliphatic heterocycles. The summed E-state index contributed by atoms with van der Waals surface area (Å²) in [4.78, 5) is 26.0. The van der Waals surface area contributed by atoms with Crippen molar-refractivity contribution in [2.24, 2.45) is 0 Å². The minimum atomic E-state index is -1.33. The van der Waals surface area contributed by atoms with Gasteiger partial charge in [-0.25, -0.2) is 9.78 Å². The first-order chi connectivity index (χ1) is 9.47. The molecule has 0 saturated carbocycles. The summed E-state index contributed by atoms with van der Waals surface area (Å²) in [5, 5.41) is 20.5. The average Bonchev–Trinajstić information content (AvgIpc) is 2.40. The van der Waals surface area contributed by atoms with Gasteiger partial charge in [-0.15, -0.1) is 0 Å². The van der Waals surface area contributed by atoms with Crippen molar-refractivity contribution >= 4 is 17.6 Å². The highest BCUT2D eigenvalue weighted by atomic mass is 19.1. The molecule has 0 saturated heterocycles. The maximum atomic E-state index is 12.9. The molecular weight excluding hydrogens is 267 g/mol. The molecule has 0 atom stereocenters. The van der Waals surface area contributed by atoms with Crippen molar-refractivity contribution < 1.29 is 24.2 Å². The highest BCUT2D eigenvalue weighted by molar-refractivity contribution is 6.03. The van der Waals surface area contributed by atoms with E-state index in [4.69, 9.17) is 5.11 Å². The predicted octanol–water partition coefficient (Wildman–Crippen LogP) is 1.88. The Morgan fingerprint density at radius 2 is 1.95 bits per heavy atom. The van der Waals surface area contributed by atoms with Crippen molar-refractivity contribution in [3.05, 3.63) is 53.6 Å². The second kappa shape index (κ2) is 5.35.